The van der Waals surface area contributed by atoms with Gasteiger partial charge in [-0.3, -0.25) is 14.9 Å². The van der Waals surface area contributed by atoms with Gasteiger partial charge in [-0.2, -0.15) is 0 Å². The zero-order valence-corrected chi connectivity index (χ0v) is 10.8. The molecule has 0 radical (unpaired) electrons. The second-order valence-corrected chi connectivity index (χ2v) is 4.18. The van der Waals surface area contributed by atoms with Crippen molar-refractivity contribution in [3.8, 4) is 0 Å². The number of amides is 1. The molecule has 0 aliphatic heterocycles. The summed E-state index contributed by atoms with van der Waals surface area (Å²) in [5.41, 5.74) is -0.806. The van der Waals surface area contributed by atoms with Crippen LogP contribution in [0.15, 0.2) is 22.7 Å². The van der Waals surface area contributed by atoms with E-state index in [1.54, 1.807) is 0 Å². The Morgan fingerprint density at radius 3 is 2.85 bits per heavy atom. The number of hydrogen-bond donors (Lipinski definition) is 1. The second kappa shape index (κ2) is 5.25. The van der Waals surface area contributed by atoms with Crippen LogP contribution >= 0.6 is 11.6 Å². The Bertz CT molecular complexity index is 701. The third-order valence-corrected chi connectivity index (χ3v) is 2.70. The number of anilines is 1. The molecule has 0 unspecified atom stereocenters. The summed E-state index contributed by atoms with van der Waals surface area (Å²) in [6.07, 6.45) is 0. The number of nitro groups is 1. The summed E-state index contributed by atoms with van der Waals surface area (Å²) in [5, 5.41) is 16.3. The lowest BCUT2D eigenvalue weighted by molar-refractivity contribution is -0.386. The number of rotatable bonds is 3. The first-order valence-electron chi connectivity index (χ1n) is 5.27. The predicted octanol–water partition coefficient (Wildman–Crippen LogP) is 2.94. The molecule has 0 atom stereocenters. The third-order valence-electron chi connectivity index (χ3n) is 2.41. The van der Waals surface area contributed by atoms with Crippen LogP contribution in [0, 0.1) is 22.9 Å². The van der Waals surface area contributed by atoms with Crippen LogP contribution in [0.1, 0.15) is 16.2 Å². The van der Waals surface area contributed by atoms with Gasteiger partial charge in [-0.1, -0.05) is 16.8 Å². The fourth-order valence-corrected chi connectivity index (χ4v) is 1.68. The number of halogens is 2. The van der Waals surface area contributed by atoms with E-state index in [-0.39, 0.29) is 16.5 Å². The summed E-state index contributed by atoms with van der Waals surface area (Å²) in [4.78, 5) is 21.9. The maximum atomic E-state index is 13.0. The van der Waals surface area contributed by atoms with E-state index in [2.05, 4.69) is 15.0 Å². The summed E-state index contributed by atoms with van der Waals surface area (Å²) in [7, 11) is 0. The van der Waals surface area contributed by atoms with Gasteiger partial charge in [-0.05, 0) is 18.2 Å². The first-order valence-corrected chi connectivity index (χ1v) is 5.65. The largest absolute Gasteiger partial charge is 0.353 e. The monoisotopic (exact) mass is 299 g/mol. The maximum Gasteiger partial charge on any atom is 0.344 e. The van der Waals surface area contributed by atoms with Crippen molar-refractivity contribution in [2.45, 2.75) is 6.92 Å². The zero-order valence-electron chi connectivity index (χ0n) is 10.0. The predicted molar refractivity (Wildman–Crippen MR) is 67.3 cm³/mol. The van der Waals surface area contributed by atoms with Gasteiger partial charge >= 0.3 is 5.69 Å². The number of hydrogen-bond acceptors (Lipinski definition) is 5. The van der Waals surface area contributed by atoms with Crippen molar-refractivity contribution in [2.75, 3.05) is 5.32 Å². The van der Waals surface area contributed by atoms with Gasteiger partial charge in [-0.15, -0.1) is 0 Å². The average molecular weight is 300 g/mol. The standard InChI is InChI=1S/C11H7ClFN3O4/c1-5-10(16(18)19)9(15-20-5)11(17)14-6-2-3-8(13)7(12)4-6/h2-4H,1H3,(H,14,17). The zero-order chi connectivity index (χ0) is 14.9. The van der Waals surface area contributed by atoms with Crippen molar-refractivity contribution < 1.29 is 18.6 Å². The van der Waals surface area contributed by atoms with Crippen LogP contribution in [0.2, 0.25) is 5.02 Å². The van der Waals surface area contributed by atoms with Gasteiger partial charge in [0, 0.05) is 12.6 Å². The minimum atomic E-state index is -0.851. The molecule has 1 aromatic heterocycles. The molecule has 2 aromatic rings. The third kappa shape index (κ3) is 2.59. The molecule has 1 N–H and O–H groups in total. The summed E-state index contributed by atoms with van der Waals surface area (Å²) >= 11 is 5.56. The molecule has 2 rings (SSSR count). The Kier molecular flexibility index (Phi) is 3.66. The van der Waals surface area contributed by atoms with Gasteiger partial charge in [0.1, 0.15) is 5.82 Å². The van der Waals surface area contributed by atoms with Crippen LogP contribution in [-0.2, 0) is 0 Å². The molecule has 0 bridgehead atoms. The number of nitrogens with one attached hydrogen (secondary N) is 1. The van der Waals surface area contributed by atoms with Crippen molar-refractivity contribution in [3.63, 3.8) is 0 Å². The van der Waals surface area contributed by atoms with Crippen molar-refractivity contribution in [1.82, 2.24) is 5.16 Å². The van der Waals surface area contributed by atoms with Crippen molar-refractivity contribution >= 4 is 28.9 Å². The van der Waals surface area contributed by atoms with E-state index >= 15 is 0 Å². The highest BCUT2D eigenvalue weighted by molar-refractivity contribution is 6.31. The average Bonchev–Trinajstić information content (AvgIpc) is 2.76. The Morgan fingerprint density at radius 1 is 1.55 bits per heavy atom. The second-order valence-electron chi connectivity index (χ2n) is 3.78. The normalized spacial score (nSPS) is 10.3. The highest BCUT2D eigenvalue weighted by Gasteiger charge is 2.29. The molecule has 104 valence electrons. The van der Waals surface area contributed by atoms with Crippen LogP contribution in [0.3, 0.4) is 0 Å². The molecule has 1 amide bonds. The van der Waals surface area contributed by atoms with Crippen molar-refractivity contribution in [1.29, 1.82) is 0 Å². The molecule has 0 fully saturated rings. The molecule has 1 aromatic carbocycles. The molecule has 0 aliphatic carbocycles. The first kappa shape index (κ1) is 13.9. The van der Waals surface area contributed by atoms with E-state index in [0.717, 1.165) is 6.07 Å². The Morgan fingerprint density at radius 2 is 2.25 bits per heavy atom. The quantitative estimate of drug-likeness (QED) is 0.694. The number of carbonyl (C=O) groups excluding carboxylic acids is 1. The van der Waals surface area contributed by atoms with Crippen LogP contribution in [0.5, 0.6) is 0 Å². The number of aromatic nitrogens is 1. The molecular formula is C11H7ClFN3O4. The van der Waals surface area contributed by atoms with Crippen molar-refractivity contribution in [3.05, 3.63) is 50.6 Å². The highest BCUT2D eigenvalue weighted by atomic mass is 35.5. The van der Waals surface area contributed by atoms with Crippen LogP contribution in [0.4, 0.5) is 15.8 Å². The Balaban J connectivity index is 2.28. The van der Waals surface area contributed by atoms with Gasteiger partial charge in [0.05, 0.1) is 9.95 Å². The molecule has 9 heteroatoms. The molecule has 0 saturated carbocycles. The number of aryl methyl sites for hydroxylation is 1. The van der Waals surface area contributed by atoms with Crippen molar-refractivity contribution in [2.24, 2.45) is 0 Å². The van der Waals surface area contributed by atoms with Gasteiger partial charge < -0.3 is 9.84 Å². The highest BCUT2D eigenvalue weighted by Crippen LogP contribution is 2.24. The van der Waals surface area contributed by atoms with E-state index < -0.39 is 28.0 Å². The van der Waals surface area contributed by atoms with E-state index in [4.69, 9.17) is 11.6 Å². The molecular weight excluding hydrogens is 293 g/mol. The minimum absolute atomic E-state index is 0.0858. The lowest BCUT2D eigenvalue weighted by atomic mass is 10.2. The maximum absolute atomic E-state index is 13.0. The Labute approximate surface area is 116 Å². The van der Waals surface area contributed by atoms with Crippen LogP contribution in [0.25, 0.3) is 0 Å². The first-order chi connectivity index (χ1) is 9.40. The molecule has 0 spiro atoms. The Hall–Kier alpha value is -2.48. The smallest absolute Gasteiger partial charge is 0.344 e. The fourth-order valence-electron chi connectivity index (χ4n) is 1.50. The van der Waals surface area contributed by atoms with Crippen LogP contribution in [-0.4, -0.2) is 16.0 Å². The van der Waals surface area contributed by atoms with E-state index in [1.807, 2.05) is 0 Å². The molecule has 0 aliphatic rings. The lowest BCUT2D eigenvalue weighted by Gasteiger charge is -2.03. The lowest BCUT2D eigenvalue weighted by Crippen LogP contribution is -2.14. The van der Waals surface area contributed by atoms with Gasteiger partial charge in [0.25, 0.3) is 5.91 Å². The fraction of sp³-hybridized carbons (Fsp3) is 0.0909. The molecule has 20 heavy (non-hydrogen) atoms. The van der Waals surface area contributed by atoms with Gasteiger partial charge in [0.15, 0.2) is 0 Å². The summed E-state index contributed by atoms with van der Waals surface area (Å²) in [6.45, 7) is 1.32. The minimum Gasteiger partial charge on any atom is -0.353 e. The van der Waals surface area contributed by atoms with Gasteiger partial charge in [0.2, 0.25) is 11.5 Å². The molecule has 1 heterocycles. The van der Waals surface area contributed by atoms with E-state index in [1.165, 1.54) is 19.1 Å². The molecule has 7 nitrogen and oxygen atoms in total. The van der Waals surface area contributed by atoms with E-state index in [0.29, 0.717) is 0 Å². The summed E-state index contributed by atoms with van der Waals surface area (Å²) in [5.74, 6) is -1.58. The summed E-state index contributed by atoms with van der Waals surface area (Å²) in [6, 6.07) is 3.49. The topological polar surface area (TPSA) is 98.3 Å². The molecule has 0 saturated heterocycles. The number of carbonyl (C=O) groups is 1. The van der Waals surface area contributed by atoms with Crippen LogP contribution < -0.4 is 5.32 Å². The summed E-state index contributed by atoms with van der Waals surface area (Å²) < 4.78 is 17.6. The number of benzene rings is 1. The van der Waals surface area contributed by atoms with E-state index in [9.17, 15) is 19.3 Å². The SMILES string of the molecule is Cc1onc(C(=O)Nc2ccc(F)c(Cl)c2)c1[N+](=O)[O-]. The number of nitrogens with zero attached hydrogens (tertiary/aromatic N) is 2. The van der Waals surface area contributed by atoms with Gasteiger partial charge in [-0.25, -0.2) is 4.39 Å².